The number of methoxy groups -OCH3 is 1. The first-order valence-corrected chi connectivity index (χ1v) is 14.2. The van der Waals surface area contributed by atoms with E-state index in [9.17, 15) is 9.59 Å². The van der Waals surface area contributed by atoms with Gasteiger partial charge >= 0.3 is 0 Å². The molecule has 2 heterocycles. The van der Waals surface area contributed by atoms with Crippen LogP contribution in [0, 0.1) is 0 Å². The van der Waals surface area contributed by atoms with E-state index in [1.54, 1.807) is 13.2 Å². The van der Waals surface area contributed by atoms with Crippen LogP contribution >= 0.6 is 35.3 Å². The largest absolute Gasteiger partial charge is 0.493 e. The molecule has 4 rings (SSSR count). The van der Waals surface area contributed by atoms with Crippen LogP contribution in [0.2, 0.25) is 0 Å². The standard InChI is InChI=1S/C25H30N4O4S3/c1-3-7-22-27-28-24(36-22)26-21(30)12-13-29-23(31)20(35-25(29)34)15-16-10-11-18(19(14-16)32-2)33-17-8-5-4-6-9-17/h10-11,14-15,17H,3-9,12-13H2,1-2H3,(H,26,28,30)/b20-15-. The minimum absolute atomic E-state index is 0.115. The molecular formula is C25H30N4O4S3. The maximum absolute atomic E-state index is 13.0. The van der Waals surface area contributed by atoms with E-state index >= 15 is 0 Å². The highest BCUT2D eigenvalue weighted by molar-refractivity contribution is 8.26. The molecule has 2 aromatic rings. The van der Waals surface area contributed by atoms with Gasteiger partial charge in [-0.05, 0) is 55.9 Å². The molecule has 1 aromatic heterocycles. The molecule has 0 unspecified atom stereocenters. The van der Waals surface area contributed by atoms with Crippen LogP contribution in [0.25, 0.3) is 6.08 Å². The van der Waals surface area contributed by atoms with Crippen LogP contribution < -0.4 is 14.8 Å². The van der Waals surface area contributed by atoms with Gasteiger partial charge in [0.25, 0.3) is 5.91 Å². The minimum atomic E-state index is -0.231. The molecule has 1 saturated carbocycles. The monoisotopic (exact) mass is 546 g/mol. The molecule has 1 aromatic carbocycles. The van der Waals surface area contributed by atoms with E-state index < -0.39 is 0 Å². The fourth-order valence-corrected chi connectivity index (χ4v) is 6.26. The predicted molar refractivity (Wildman–Crippen MR) is 148 cm³/mol. The topological polar surface area (TPSA) is 93.7 Å². The summed E-state index contributed by atoms with van der Waals surface area (Å²) in [6.45, 7) is 2.26. The number of hydrogen-bond acceptors (Lipinski definition) is 9. The third kappa shape index (κ3) is 6.83. The van der Waals surface area contributed by atoms with Crippen LogP contribution in [0.1, 0.15) is 62.4 Å². The summed E-state index contributed by atoms with van der Waals surface area (Å²) in [5.74, 6) is 0.920. The number of benzene rings is 1. The van der Waals surface area contributed by atoms with Gasteiger partial charge in [-0.2, -0.15) is 0 Å². The van der Waals surface area contributed by atoms with Crippen molar-refractivity contribution in [3.63, 3.8) is 0 Å². The van der Waals surface area contributed by atoms with Crippen molar-refractivity contribution in [3.8, 4) is 11.5 Å². The summed E-state index contributed by atoms with van der Waals surface area (Å²) in [4.78, 5) is 27.3. The Morgan fingerprint density at radius 2 is 2.06 bits per heavy atom. The number of ether oxygens (including phenoxy) is 2. The molecule has 1 N–H and O–H groups in total. The van der Waals surface area contributed by atoms with Crippen LogP contribution in [0.15, 0.2) is 23.1 Å². The van der Waals surface area contributed by atoms with E-state index in [0.29, 0.717) is 20.1 Å². The van der Waals surface area contributed by atoms with E-state index in [-0.39, 0.29) is 30.9 Å². The zero-order valence-corrected chi connectivity index (χ0v) is 22.9. The van der Waals surface area contributed by atoms with Gasteiger partial charge in [-0.25, -0.2) is 0 Å². The first-order valence-electron chi connectivity index (χ1n) is 12.2. The molecule has 2 amide bonds. The van der Waals surface area contributed by atoms with Crippen molar-refractivity contribution >= 4 is 62.7 Å². The lowest BCUT2D eigenvalue weighted by atomic mass is 9.98. The fraction of sp³-hybridized carbons (Fsp3) is 0.480. The van der Waals surface area contributed by atoms with Gasteiger partial charge in [0, 0.05) is 19.4 Å². The van der Waals surface area contributed by atoms with Gasteiger partial charge in [-0.15, -0.1) is 10.2 Å². The summed E-state index contributed by atoms with van der Waals surface area (Å²) < 4.78 is 12.2. The number of thiocarbonyl (C=S) groups is 1. The second-order valence-electron chi connectivity index (χ2n) is 8.67. The number of rotatable bonds is 10. The number of amides is 2. The van der Waals surface area contributed by atoms with Crippen molar-refractivity contribution < 1.29 is 19.1 Å². The number of nitrogens with one attached hydrogen (secondary N) is 1. The molecule has 36 heavy (non-hydrogen) atoms. The molecule has 0 atom stereocenters. The third-order valence-electron chi connectivity index (χ3n) is 5.94. The number of thioether (sulfide) groups is 1. The van der Waals surface area contributed by atoms with E-state index in [4.69, 9.17) is 21.7 Å². The molecule has 1 aliphatic carbocycles. The number of carbonyl (C=O) groups excluding carboxylic acids is 2. The highest BCUT2D eigenvalue weighted by Gasteiger charge is 2.32. The van der Waals surface area contributed by atoms with Crippen molar-refractivity contribution in [3.05, 3.63) is 33.7 Å². The highest BCUT2D eigenvalue weighted by atomic mass is 32.2. The first kappa shape index (κ1) is 26.6. The molecular weight excluding hydrogens is 517 g/mol. The summed E-state index contributed by atoms with van der Waals surface area (Å²) in [6, 6.07) is 5.67. The summed E-state index contributed by atoms with van der Waals surface area (Å²) in [5, 5.41) is 12.2. The normalized spacial score (nSPS) is 17.6. The number of carbonyl (C=O) groups is 2. The van der Waals surface area contributed by atoms with E-state index in [0.717, 1.165) is 42.0 Å². The lowest BCUT2D eigenvalue weighted by Gasteiger charge is -2.24. The van der Waals surface area contributed by atoms with Crippen molar-refractivity contribution in [1.82, 2.24) is 15.1 Å². The number of anilines is 1. The van der Waals surface area contributed by atoms with Gasteiger partial charge in [0.2, 0.25) is 11.0 Å². The van der Waals surface area contributed by atoms with Crippen molar-refractivity contribution in [2.45, 2.75) is 64.4 Å². The number of nitrogens with zero attached hydrogens (tertiary/aromatic N) is 3. The zero-order valence-electron chi connectivity index (χ0n) is 20.5. The Labute approximate surface area is 224 Å². The fourth-order valence-electron chi connectivity index (χ4n) is 4.09. The van der Waals surface area contributed by atoms with Gasteiger partial charge in [0.05, 0.1) is 18.1 Å². The third-order valence-corrected chi connectivity index (χ3v) is 8.22. The van der Waals surface area contributed by atoms with Crippen LogP contribution in [-0.4, -0.2) is 51.0 Å². The lowest BCUT2D eigenvalue weighted by Crippen LogP contribution is -2.31. The molecule has 8 nitrogen and oxygen atoms in total. The van der Waals surface area contributed by atoms with Crippen molar-refractivity contribution in [2.24, 2.45) is 0 Å². The quantitative estimate of drug-likeness (QED) is 0.311. The van der Waals surface area contributed by atoms with E-state index in [1.165, 1.54) is 47.3 Å². The summed E-state index contributed by atoms with van der Waals surface area (Å²) >= 11 is 8.02. The van der Waals surface area contributed by atoms with Crippen molar-refractivity contribution in [2.75, 3.05) is 19.0 Å². The Morgan fingerprint density at radius 1 is 1.25 bits per heavy atom. The minimum Gasteiger partial charge on any atom is -0.493 e. The average Bonchev–Trinajstić information content (AvgIpc) is 3.42. The van der Waals surface area contributed by atoms with E-state index in [1.807, 2.05) is 18.2 Å². The van der Waals surface area contributed by atoms with Crippen LogP contribution in [0.5, 0.6) is 11.5 Å². The van der Waals surface area contributed by atoms with Gasteiger partial charge in [0.1, 0.15) is 9.33 Å². The highest BCUT2D eigenvalue weighted by Crippen LogP contribution is 2.36. The molecule has 0 spiro atoms. The molecule has 192 valence electrons. The molecule has 2 aliphatic rings. The Morgan fingerprint density at radius 3 is 2.81 bits per heavy atom. The van der Waals surface area contributed by atoms with Crippen LogP contribution in [0.3, 0.4) is 0 Å². The van der Waals surface area contributed by atoms with Crippen molar-refractivity contribution in [1.29, 1.82) is 0 Å². The second kappa shape index (κ2) is 12.6. The number of hydrogen-bond donors (Lipinski definition) is 1. The van der Waals surface area contributed by atoms with Crippen LogP contribution in [-0.2, 0) is 16.0 Å². The molecule has 1 saturated heterocycles. The van der Waals surface area contributed by atoms with Gasteiger partial charge in [-0.1, -0.05) is 54.7 Å². The number of aromatic nitrogens is 2. The van der Waals surface area contributed by atoms with Crippen LogP contribution in [0.4, 0.5) is 5.13 Å². The summed E-state index contributed by atoms with van der Waals surface area (Å²) in [7, 11) is 1.61. The maximum atomic E-state index is 13.0. The number of aryl methyl sites for hydroxylation is 1. The zero-order chi connectivity index (χ0) is 25.5. The Bertz CT molecular complexity index is 1140. The molecule has 11 heteroatoms. The molecule has 2 fully saturated rings. The predicted octanol–water partition coefficient (Wildman–Crippen LogP) is 5.44. The van der Waals surface area contributed by atoms with E-state index in [2.05, 4.69) is 22.4 Å². The summed E-state index contributed by atoms with van der Waals surface area (Å²) in [6.07, 6.45) is 9.70. The van der Waals surface area contributed by atoms with Gasteiger partial charge < -0.3 is 14.8 Å². The SMILES string of the molecule is CCCc1nnc(NC(=O)CCN2C(=O)/C(=C/c3ccc(OC4CCCCC4)c(OC)c3)SC2=S)s1. The smallest absolute Gasteiger partial charge is 0.266 e. The molecule has 0 radical (unpaired) electrons. The Hall–Kier alpha value is -2.50. The Balaban J connectivity index is 1.35. The average molecular weight is 547 g/mol. The van der Waals surface area contributed by atoms with Gasteiger partial charge in [-0.3, -0.25) is 14.5 Å². The maximum Gasteiger partial charge on any atom is 0.266 e. The first-order chi connectivity index (χ1) is 17.5. The molecule has 1 aliphatic heterocycles. The van der Waals surface area contributed by atoms with Gasteiger partial charge in [0.15, 0.2) is 11.5 Å². The second-order valence-corrected chi connectivity index (χ2v) is 11.4. The summed E-state index contributed by atoms with van der Waals surface area (Å²) in [5.41, 5.74) is 0.820. The lowest BCUT2D eigenvalue weighted by molar-refractivity contribution is -0.122. The molecule has 0 bridgehead atoms. The Kier molecular flexibility index (Phi) is 9.33.